The molecule has 21 heavy (non-hydrogen) atoms. The molecule has 0 aliphatic carbocycles. The van der Waals surface area contributed by atoms with Crippen LogP contribution in [0.2, 0.25) is 5.02 Å². The number of H-pyrrole nitrogens is 1. The van der Waals surface area contributed by atoms with Crippen LogP contribution in [-0.4, -0.2) is 9.97 Å². The third-order valence-corrected chi connectivity index (χ3v) is 6.33. The van der Waals surface area contributed by atoms with Gasteiger partial charge in [0.15, 0.2) is 0 Å². The molecule has 0 amide bonds. The predicted molar refractivity (Wildman–Crippen MR) is 103 cm³/mol. The Kier molecular flexibility index (Phi) is 4.40. The van der Waals surface area contributed by atoms with Gasteiger partial charge < -0.3 is 10.7 Å². The van der Waals surface area contributed by atoms with Crippen molar-refractivity contribution < 1.29 is 0 Å². The van der Waals surface area contributed by atoms with E-state index in [4.69, 9.17) is 17.3 Å². The Bertz CT molecular complexity index is 850. The first kappa shape index (κ1) is 15.5. The minimum Gasteiger partial charge on any atom is -0.398 e. The van der Waals surface area contributed by atoms with Crippen molar-refractivity contribution in [2.75, 3.05) is 5.73 Å². The molecule has 7 heteroatoms. The molecular formula is C14H10BrClIN3S. The zero-order valence-corrected chi connectivity index (χ0v) is 16.2. The van der Waals surface area contributed by atoms with Gasteiger partial charge in [-0.15, -0.1) is 0 Å². The fraction of sp³-hybridized carbons (Fsp3) is 0.0714. The van der Waals surface area contributed by atoms with Crippen molar-refractivity contribution >= 4 is 74.4 Å². The van der Waals surface area contributed by atoms with Crippen LogP contribution in [0.15, 0.2) is 33.9 Å². The van der Waals surface area contributed by atoms with Gasteiger partial charge in [-0.2, -0.15) is 0 Å². The predicted octanol–water partition coefficient (Wildman–Crippen LogP) is 5.98. The lowest BCUT2D eigenvalue weighted by Gasteiger charge is -2.07. The molecule has 3 aromatic rings. The molecule has 0 saturated heterocycles. The number of pyridine rings is 1. The normalized spacial score (nSPS) is 11.2. The number of anilines is 1. The van der Waals surface area contributed by atoms with Crippen LogP contribution >= 0.6 is 57.7 Å². The largest absolute Gasteiger partial charge is 0.398 e. The second-order valence-corrected chi connectivity index (χ2v) is 7.74. The van der Waals surface area contributed by atoms with Crippen LogP contribution in [-0.2, 0) is 0 Å². The van der Waals surface area contributed by atoms with Crippen molar-refractivity contribution in [3.8, 4) is 11.1 Å². The van der Waals surface area contributed by atoms with E-state index in [1.165, 1.54) is 0 Å². The average Bonchev–Trinajstić information content (AvgIpc) is 2.85. The molecule has 0 atom stereocenters. The van der Waals surface area contributed by atoms with Crippen molar-refractivity contribution in [3.63, 3.8) is 0 Å². The number of nitrogen functional groups attached to an aromatic ring is 1. The van der Waals surface area contributed by atoms with Crippen molar-refractivity contribution in [1.82, 2.24) is 9.97 Å². The van der Waals surface area contributed by atoms with Crippen LogP contribution in [0, 0.1) is 6.92 Å². The highest BCUT2D eigenvalue weighted by molar-refractivity contribution is 14.2. The summed E-state index contributed by atoms with van der Waals surface area (Å²) >= 11 is 12.2. The lowest BCUT2D eigenvalue weighted by atomic mass is 10.0. The van der Waals surface area contributed by atoms with Crippen LogP contribution in [0.5, 0.6) is 0 Å². The quantitative estimate of drug-likeness (QED) is 0.341. The number of aromatic amines is 1. The van der Waals surface area contributed by atoms with Crippen LogP contribution in [0.3, 0.4) is 0 Å². The number of nitrogens with zero attached hydrogens (tertiary/aromatic N) is 1. The zero-order chi connectivity index (χ0) is 15.1. The van der Waals surface area contributed by atoms with Crippen molar-refractivity contribution in [2.45, 2.75) is 11.9 Å². The van der Waals surface area contributed by atoms with E-state index in [9.17, 15) is 0 Å². The van der Waals surface area contributed by atoms with E-state index in [1.54, 1.807) is 15.1 Å². The Morgan fingerprint density at radius 3 is 2.86 bits per heavy atom. The Morgan fingerprint density at radius 2 is 2.19 bits per heavy atom. The lowest BCUT2D eigenvalue weighted by Crippen LogP contribution is -1.90. The fourth-order valence-electron chi connectivity index (χ4n) is 2.20. The van der Waals surface area contributed by atoms with E-state index in [-0.39, 0.29) is 0 Å². The second-order valence-electron chi connectivity index (χ2n) is 4.62. The smallest absolute Gasteiger partial charge is 0.140 e. The number of halogens is 3. The molecule has 2 heterocycles. The second kappa shape index (κ2) is 5.98. The zero-order valence-electron chi connectivity index (χ0n) is 10.9. The van der Waals surface area contributed by atoms with Gasteiger partial charge in [0.2, 0.25) is 0 Å². The molecule has 0 bridgehead atoms. The Hall–Kier alpha value is -0.440. The molecule has 3 N–H and O–H groups in total. The summed E-state index contributed by atoms with van der Waals surface area (Å²) in [5.41, 5.74) is 10.7. The molecule has 3 rings (SSSR count). The molecular weight excluding hydrogens is 485 g/mol. The summed E-state index contributed by atoms with van der Waals surface area (Å²) in [6, 6.07) is 6.05. The van der Waals surface area contributed by atoms with E-state index in [0.29, 0.717) is 5.02 Å². The van der Waals surface area contributed by atoms with Crippen molar-refractivity contribution in [2.24, 2.45) is 0 Å². The molecule has 2 aromatic heterocycles. The number of hydrogen-bond donors (Lipinski definition) is 2. The SMILES string of the molecule is Cc1ccc(-c2c(SI)[nH]c3ncc(Br)c(Cl)c23)cc1N. The van der Waals surface area contributed by atoms with Crippen LogP contribution in [0.4, 0.5) is 5.69 Å². The summed E-state index contributed by atoms with van der Waals surface area (Å²) in [5.74, 6) is 0. The van der Waals surface area contributed by atoms with Gasteiger partial charge in [-0.05, 0) is 49.0 Å². The summed E-state index contributed by atoms with van der Waals surface area (Å²) < 4.78 is 0.780. The third kappa shape index (κ3) is 2.67. The summed E-state index contributed by atoms with van der Waals surface area (Å²) in [6.07, 6.45) is 1.70. The van der Waals surface area contributed by atoms with E-state index in [0.717, 1.165) is 42.9 Å². The highest BCUT2D eigenvalue weighted by Crippen LogP contribution is 2.44. The summed E-state index contributed by atoms with van der Waals surface area (Å²) in [5, 5.41) is 2.58. The summed E-state index contributed by atoms with van der Waals surface area (Å²) in [7, 11) is 1.60. The molecule has 0 aliphatic heterocycles. The number of nitrogens with two attached hydrogens (primary N) is 1. The maximum atomic E-state index is 6.47. The van der Waals surface area contributed by atoms with E-state index >= 15 is 0 Å². The minimum atomic E-state index is 0.655. The molecule has 0 saturated carbocycles. The van der Waals surface area contributed by atoms with Crippen LogP contribution in [0.1, 0.15) is 5.56 Å². The highest BCUT2D eigenvalue weighted by Gasteiger charge is 2.19. The lowest BCUT2D eigenvalue weighted by molar-refractivity contribution is 1.21. The number of nitrogens with one attached hydrogen (secondary N) is 1. The van der Waals surface area contributed by atoms with Gasteiger partial charge in [0.25, 0.3) is 0 Å². The first-order chi connectivity index (χ1) is 10.0. The van der Waals surface area contributed by atoms with Gasteiger partial charge in [-0.3, -0.25) is 0 Å². The van der Waals surface area contributed by atoms with Gasteiger partial charge in [0, 0.05) is 44.0 Å². The first-order valence-electron chi connectivity index (χ1n) is 6.03. The average molecular weight is 495 g/mol. The topological polar surface area (TPSA) is 54.7 Å². The van der Waals surface area contributed by atoms with E-state index in [1.807, 2.05) is 19.1 Å². The Balaban J connectivity index is 2.39. The van der Waals surface area contributed by atoms with E-state index < -0.39 is 0 Å². The van der Waals surface area contributed by atoms with Gasteiger partial charge >= 0.3 is 0 Å². The monoisotopic (exact) mass is 493 g/mol. The number of rotatable bonds is 2. The molecule has 0 aliphatic rings. The number of aromatic nitrogens is 2. The Morgan fingerprint density at radius 1 is 1.43 bits per heavy atom. The molecule has 3 nitrogen and oxygen atoms in total. The van der Waals surface area contributed by atoms with Gasteiger partial charge in [-0.1, -0.05) is 23.7 Å². The van der Waals surface area contributed by atoms with Gasteiger partial charge in [-0.25, -0.2) is 4.98 Å². The minimum absolute atomic E-state index is 0.655. The number of hydrogen-bond acceptors (Lipinski definition) is 3. The van der Waals surface area contributed by atoms with E-state index in [2.05, 4.69) is 53.2 Å². The standard InChI is InChI=1S/C14H10BrClIN3S/c1-6-2-3-7(4-9(6)18)10-11-12(16)8(15)5-19-13(11)20-14(10)21-17/h2-5H,18H2,1H3,(H,19,20). The maximum absolute atomic E-state index is 6.47. The molecule has 0 fully saturated rings. The van der Waals surface area contributed by atoms with Crippen molar-refractivity contribution in [3.05, 3.63) is 39.5 Å². The fourth-order valence-corrected chi connectivity index (χ4v) is 4.16. The van der Waals surface area contributed by atoms with Crippen LogP contribution < -0.4 is 5.73 Å². The molecule has 0 radical (unpaired) electrons. The summed E-state index contributed by atoms with van der Waals surface area (Å²) in [4.78, 5) is 7.71. The first-order valence-corrected chi connectivity index (χ1v) is 10.6. The van der Waals surface area contributed by atoms with Gasteiger partial charge in [0.1, 0.15) is 5.65 Å². The number of benzene rings is 1. The molecule has 0 unspecified atom stereocenters. The molecule has 0 spiro atoms. The highest BCUT2D eigenvalue weighted by atomic mass is 127. The van der Waals surface area contributed by atoms with Crippen molar-refractivity contribution in [1.29, 1.82) is 0 Å². The van der Waals surface area contributed by atoms with Gasteiger partial charge in [0.05, 0.1) is 14.5 Å². The third-order valence-electron chi connectivity index (χ3n) is 3.33. The number of fused-ring (bicyclic) bond motifs is 1. The maximum Gasteiger partial charge on any atom is 0.140 e. The summed E-state index contributed by atoms with van der Waals surface area (Å²) in [6.45, 7) is 1.99. The molecule has 1 aromatic carbocycles. The van der Waals surface area contributed by atoms with Crippen LogP contribution in [0.25, 0.3) is 22.2 Å². The number of aryl methyl sites for hydroxylation is 1. The Labute approximate surface area is 151 Å². The molecule has 108 valence electrons.